The van der Waals surface area contributed by atoms with Crippen molar-refractivity contribution in [3.05, 3.63) is 71.8 Å². The first-order valence-electron chi connectivity index (χ1n) is 7.40. The molecule has 4 rings (SSSR count). The molecule has 0 bridgehead atoms. The molecule has 120 valence electrons. The maximum atomic E-state index is 6.00. The number of nitrogens with zero attached hydrogens (tertiary/aromatic N) is 5. The topological polar surface area (TPSA) is 57.2 Å². The fraction of sp³-hybridized carbons (Fsp3) is 0.118. The second kappa shape index (κ2) is 5.98. The Morgan fingerprint density at radius 2 is 2.00 bits per heavy atom. The number of aromatic nitrogens is 5. The van der Waals surface area contributed by atoms with Gasteiger partial charge in [0.25, 0.3) is 0 Å². The third-order valence-electron chi connectivity index (χ3n) is 3.80. The molecule has 0 aliphatic rings. The zero-order valence-electron chi connectivity index (χ0n) is 12.9. The SMILES string of the molecule is COc1ccc(-n2cnc(Cc3nc(Cl)nn4cccc34)c2)cc1. The van der Waals surface area contributed by atoms with Gasteiger partial charge < -0.3 is 9.30 Å². The molecule has 1 aromatic carbocycles. The van der Waals surface area contributed by atoms with Gasteiger partial charge in [-0.2, -0.15) is 0 Å². The van der Waals surface area contributed by atoms with Gasteiger partial charge in [-0.3, -0.25) is 0 Å². The Bertz CT molecular complexity index is 990. The quantitative estimate of drug-likeness (QED) is 0.573. The van der Waals surface area contributed by atoms with Crippen LogP contribution in [-0.4, -0.2) is 31.3 Å². The molecule has 0 aliphatic heterocycles. The van der Waals surface area contributed by atoms with Crippen molar-refractivity contribution in [1.82, 2.24) is 24.1 Å². The molecule has 0 radical (unpaired) electrons. The van der Waals surface area contributed by atoms with E-state index in [4.69, 9.17) is 16.3 Å². The van der Waals surface area contributed by atoms with Crippen LogP contribution in [0.15, 0.2) is 55.1 Å². The van der Waals surface area contributed by atoms with Crippen molar-refractivity contribution < 1.29 is 4.74 Å². The van der Waals surface area contributed by atoms with E-state index in [9.17, 15) is 0 Å². The molecule has 0 saturated heterocycles. The Labute approximate surface area is 143 Å². The molecular formula is C17H14ClN5O. The second-order valence-electron chi connectivity index (χ2n) is 5.31. The number of imidazole rings is 1. The number of hydrogen-bond donors (Lipinski definition) is 0. The summed E-state index contributed by atoms with van der Waals surface area (Å²) in [5, 5.41) is 4.37. The van der Waals surface area contributed by atoms with E-state index in [1.165, 1.54) is 0 Å². The van der Waals surface area contributed by atoms with Gasteiger partial charge >= 0.3 is 0 Å². The Hall–Kier alpha value is -2.86. The number of ether oxygens (including phenoxy) is 1. The van der Waals surface area contributed by atoms with Gasteiger partial charge in [-0.25, -0.2) is 14.5 Å². The summed E-state index contributed by atoms with van der Waals surface area (Å²) in [6.07, 6.45) is 6.20. The Balaban J connectivity index is 1.63. The number of rotatable bonds is 4. The molecule has 0 saturated carbocycles. The van der Waals surface area contributed by atoms with Crippen LogP contribution in [0.5, 0.6) is 5.75 Å². The number of benzene rings is 1. The molecule has 4 aromatic rings. The van der Waals surface area contributed by atoms with E-state index in [1.54, 1.807) is 18.0 Å². The van der Waals surface area contributed by atoms with Crippen LogP contribution in [0.1, 0.15) is 11.4 Å². The maximum Gasteiger partial charge on any atom is 0.241 e. The van der Waals surface area contributed by atoms with E-state index in [0.717, 1.165) is 28.3 Å². The van der Waals surface area contributed by atoms with E-state index in [2.05, 4.69) is 15.1 Å². The summed E-state index contributed by atoms with van der Waals surface area (Å²) in [5.74, 6) is 0.824. The van der Waals surface area contributed by atoms with Crippen LogP contribution in [0, 0.1) is 0 Å². The summed E-state index contributed by atoms with van der Waals surface area (Å²) in [7, 11) is 1.65. The van der Waals surface area contributed by atoms with Gasteiger partial charge in [0.1, 0.15) is 5.75 Å². The first-order valence-corrected chi connectivity index (χ1v) is 7.78. The van der Waals surface area contributed by atoms with Gasteiger partial charge in [0.2, 0.25) is 5.28 Å². The fourth-order valence-corrected chi connectivity index (χ4v) is 2.80. The van der Waals surface area contributed by atoms with Crippen molar-refractivity contribution >= 4 is 17.1 Å². The van der Waals surface area contributed by atoms with Crippen LogP contribution in [0.4, 0.5) is 0 Å². The molecule has 0 atom stereocenters. The zero-order valence-corrected chi connectivity index (χ0v) is 13.7. The van der Waals surface area contributed by atoms with Crippen molar-refractivity contribution in [3.8, 4) is 11.4 Å². The van der Waals surface area contributed by atoms with Crippen molar-refractivity contribution in [2.75, 3.05) is 7.11 Å². The lowest BCUT2D eigenvalue weighted by molar-refractivity contribution is 0.415. The van der Waals surface area contributed by atoms with Gasteiger partial charge in [-0.05, 0) is 48.0 Å². The molecule has 0 amide bonds. The Morgan fingerprint density at radius 1 is 1.17 bits per heavy atom. The van der Waals surface area contributed by atoms with Crippen molar-refractivity contribution in [2.24, 2.45) is 0 Å². The summed E-state index contributed by atoms with van der Waals surface area (Å²) < 4.78 is 8.87. The summed E-state index contributed by atoms with van der Waals surface area (Å²) in [6, 6.07) is 11.7. The van der Waals surface area contributed by atoms with Gasteiger partial charge in [0.15, 0.2) is 0 Å². The molecule has 24 heavy (non-hydrogen) atoms. The van der Waals surface area contributed by atoms with Crippen LogP contribution in [0.25, 0.3) is 11.2 Å². The van der Waals surface area contributed by atoms with Gasteiger partial charge in [-0.15, -0.1) is 5.10 Å². The molecule has 0 N–H and O–H groups in total. The summed E-state index contributed by atoms with van der Waals surface area (Å²) in [5.41, 5.74) is 3.70. The first-order chi connectivity index (χ1) is 11.7. The van der Waals surface area contributed by atoms with Crippen molar-refractivity contribution in [1.29, 1.82) is 0 Å². The van der Waals surface area contributed by atoms with Crippen LogP contribution in [-0.2, 0) is 6.42 Å². The van der Waals surface area contributed by atoms with E-state index in [1.807, 2.05) is 53.4 Å². The van der Waals surface area contributed by atoms with Gasteiger partial charge in [0, 0.05) is 24.5 Å². The fourth-order valence-electron chi connectivity index (χ4n) is 2.62. The molecule has 7 heteroatoms. The highest BCUT2D eigenvalue weighted by Gasteiger charge is 2.10. The third-order valence-corrected chi connectivity index (χ3v) is 3.96. The van der Waals surface area contributed by atoms with Crippen LogP contribution in [0.2, 0.25) is 5.28 Å². The lowest BCUT2D eigenvalue weighted by Crippen LogP contribution is -2.01. The van der Waals surface area contributed by atoms with E-state index < -0.39 is 0 Å². The molecular weight excluding hydrogens is 326 g/mol. The smallest absolute Gasteiger partial charge is 0.241 e. The molecule has 3 heterocycles. The van der Waals surface area contributed by atoms with Crippen LogP contribution in [0.3, 0.4) is 0 Å². The molecule has 3 aromatic heterocycles. The lowest BCUT2D eigenvalue weighted by atomic mass is 10.2. The maximum absolute atomic E-state index is 6.00. The van der Waals surface area contributed by atoms with Crippen LogP contribution < -0.4 is 4.74 Å². The molecule has 6 nitrogen and oxygen atoms in total. The predicted molar refractivity (Wildman–Crippen MR) is 90.9 cm³/mol. The predicted octanol–water partition coefficient (Wildman–Crippen LogP) is 3.17. The number of halogens is 1. The van der Waals surface area contributed by atoms with Gasteiger partial charge in [0.05, 0.1) is 30.3 Å². The summed E-state index contributed by atoms with van der Waals surface area (Å²) in [6.45, 7) is 0. The summed E-state index contributed by atoms with van der Waals surface area (Å²) in [4.78, 5) is 8.81. The minimum absolute atomic E-state index is 0.225. The number of fused-ring (bicyclic) bond motifs is 1. The number of hydrogen-bond acceptors (Lipinski definition) is 4. The third kappa shape index (κ3) is 2.72. The van der Waals surface area contributed by atoms with E-state index in [0.29, 0.717) is 6.42 Å². The largest absolute Gasteiger partial charge is 0.497 e. The van der Waals surface area contributed by atoms with E-state index in [-0.39, 0.29) is 5.28 Å². The monoisotopic (exact) mass is 339 g/mol. The standard InChI is InChI=1S/C17H14ClN5O/c1-24-14-6-4-13(5-7-14)22-10-12(19-11-22)9-15-16-3-2-8-23(16)21-17(18)20-15/h2-8,10-11H,9H2,1H3. The molecule has 0 aliphatic carbocycles. The zero-order chi connectivity index (χ0) is 16.5. The van der Waals surface area contributed by atoms with E-state index >= 15 is 0 Å². The normalized spacial score (nSPS) is 11.1. The molecule has 0 spiro atoms. The average molecular weight is 340 g/mol. The highest BCUT2D eigenvalue weighted by molar-refractivity contribution is 6.28. The van der Waals surface area contributed by atoms with Gasteiger partial charge in [-0.1, -0.05) is 0 Å². The minimum atomic E-state index is 0.225. The Morgan fingerprint density at radius 3 is 2.79 bits per heavy atom. The highest BCUT2D eigenvalue weighted by Crippen LogP contribution is 2.18. The van der Waals surface area contributed by atoms with Crippen molar-refractivity contribution in [2.45, 2.75) is 6.42 Å². The first kappa shape index (κ1) is 14.7. The van der Waals surface area contributed by atoms with Crippen molar-refractivity contribution in [3.63, 3.8) is 0 Å². The molecule has 0 unspecified atom stereocenters. The Kier molecular flexibility index (Phi) is 3.66. The average Bonchev–Trinajstić information content (AvgIpc) is 3.24. The minimum Gasteiger partial charge on any atom is -0.497 e. The molecule has 0 fully saturated rings. The second-order valence-corrected chi connectivity index (χ2v) is 5.65. The lowest BCUT2D eigenvalue weighted by Gasteiger charge is -2.04. The highest BCUT2D eigenvalue weighted by atomic mass is 35.5. The number of methoxy groups -OCH3 is 1. The van der Waals surface area contributed by atoms with Crippen LogP contribution >= 0.6 is 11.6 Å². The summed E-state index contributed by atoms with van der Waals surface area (Å²) >= 11 is 6.00.